The monoisotopic (exact) mass is 73.1 g/mol. The van der Waals surface area contributed by atoms with E-state index in [1.165, 1.54) is 0 Å². The van der Waals surface area contributed by atoms with E-state index in [9.17, 15) is 5.11 Å². The molecule has 1 heteroatoms. The third-order valence-corrected chi connectivity index (χ3v) is 0.748. The summed E-state index contributed by atoms with van der Waals surface area (Å²) < 4.78 is 0. The lowest BCUT2D eigenvalue weighted by Crippen LogP contribution is -1.76. The van der Waals surface area contributed by atoms with Crippen molar-refractivity contribution in [3.05, 3.63) is 0 Å². The molecule has 0 aliphatic carbocycles. The van der Waals surface area contributed by atoms with Crippen LogP contribution in [-0.4, -0.2) is 6.61 Å². The van der Waals surface area contributed by atoms with E-state index in [1.54, 1.807) is 0 Å². The van der Waals surface area contributed by atoms with Gasteiger partial charge in [-0.2, -0.15) is 0 Å². The van der Waals surface area contributed by atoms with Crippen LogP contribution in [0.25, 0.3) is 0 Å². The third kappa shape index (κ3) is 3.96. The van der Waals surface area contributed by atoms with Crippen LogP contribution >= 0.6 is 0 Å². The average molecular weight is 73.1 g/mol. The predicted octanol–water partition coefficient (Wildman–Crippen LogP) is 1.61. The van der Waals surface area contributed by atoms with Crippen LogP contribution in [0, 0.1) is 0 Å². The minimum atomic E-state index is 0.105. The number of hydrogen-bond acceptors (Lipinski definition) is 0. The maximum Gasteiger partial charge on any atom is 0.0822 e. The molecule has 0 rings (SSSR count). The van der Waals surface area contributed by atoms with E-state index < -0.39 is 0 Å². The summed E-state index contributed by atoms with van der Waals surface area (Å²) >= 11 is 0. The molecule has 0 saturated heterocycles. The topological polar surface area (TPSA) is 19.9 Å². The largest absolute Gasteiger partial charge is 0.237 e. The van der Waals surface area contributed by atoms with Crippen LogP contribution in [0.5, 0.6) is 0 Å². The van der Waals surface area contributed by atoms with Gasteiger partial charge >= 0.3 is 0 Å². The molecule has 0 fully saturated rings. The third-order valence-electron chi connectivity index (χ3n) is 0.748. The van der Waals surface area contributed by atoms with Crippen molar-refractivity contribution in [2.45, 2.75) is 26.2 Å². The van der Waals surface area contributed by atoms with Gasteiger partial charge in [0.1, 0.15) is 0 Å². The van der Waals surface area contributed by atoms with Gasteiger partial charge in [-0.15, -0.1) is 0 Å². The fourth-order valence-electron chi connectivity index (χ4n) is 0.352. The summed E-state index contributed by atoms with van der Waals surface area (Å²) in [4.78, 5) is 0. The van der Waals surface area contributed by atoms with Crippen LogP contribution in [0.4, 0.5) is 0 Å². The van der Waals surface area contributed by atoms with Gasteiger partial charge in [0.05, 0.1) is 6.61 Å². The van der Waals surface area contributed by atoms with Crippen molar-refractivity contribution in [1.82, 2.24) is 0 Å². The van der Waals surface area contributed by atoms with Crippen molar-refractivity contribution in [2.75, 3.05) is 6.61 Å². The molecule has 0 spiro atoms. The molecule has 0 bridgehead atoms. The first-order valence-corrected chi connectivity index (χ1v) is 2.50. The fourth-order valence-corrected chi connectivity index (χ4v) is 0.352. The maximum atomic E-state index is 9.69. The second-order valence-corrected chi connectivity index (χ2v) is 1.41. The zero-order valence-corrected chi connectivity index (χ0v) is 4.24. The van der Waals surface area contributed by atoms with Crippen molar-refractivity contribution in [3.63, 3.8) is 0 Å². The quantitative estimate of drug-likeness (QED) is 0.452. The van der Waals surface area contributed by atoms with E-state index in [0.29, 0.717) is 0 Å². The Labute approximate surface area is 39.0 Å². The second kappa shape index (κ2) is 4.96. The number of hydrogen-bond donors (Lipinski definition) is 0. The first-order chi connectivity index (χ1) is 2.91. The molecule has 6 heavy (non-hydrogen) atoms. The van der Waals surface area contributed by atoms with Crippen LogP contribution in [0.3, 0.4) is 0 Å². The highest BCUT2D eigenvalue weighted by molar-refractivity contribution is 4.30. The molecule has 0 aliphatic rings. The minimum Gasteiger partial charge on any atom is -0.237 e. The number of rotatable bonds is 3. The highest BCUT2D eigenvalue weighted by Gasteiger charge is 1.77. The Hall–Kier alpha value is -0.0400. The van der Waals surface area contributed by atoms with Crippen LogP contribution in [0.2, 0.25) is 0 Å². The Morgan fingerprint density at radius 3 is 2.17 bits per heavy atom. The van der Waals surface area contributed by atoms with Gasteiger partial charge in [-0.05, 0) is 6.42 Å². The standard InChI is InChI=1S/C5H11O/c1-2-3-4-5-6/h2-5H2,1H3/i6-14. The van der Waals surface area contributed by atoms with Crippen molar-refractivity contribution in [2.24, 2.45) is 0 Å². The van der Waals surface area contributed by atoms with E-state index in [4.69, 9.17) is 0 Å². The van der Waals surface area contributed by atoms with Gasteiger partial charge in [0.2, 0.25) is 0 Å². The lowest BCUT2D eigenvalue weighted by atomic mass is 1.90. The van der Waals surface area contributed by atoms with Gasteiger partial charge in [0.25, 0.3) is 0 Å². The molecular weight excluding hydrogens is 62.1 g/mol. The zero-order chi connectivity index (χ0) is 4.83. The maximum absolute atomic E-state index is 9.69. The van der Waals surface area contributed by atoms with Gasteiger partial charge in [0.15, 0.2) is 0 Å². The molecule has 0 heterocycles. The minimum absolute atomic E-state index is 0.105. The SMILES string of the molecule is CCCCC[2O]. The average Bonchev–Trinajstić information content (AvgIpc) is 1.61. The highest BCUT2D eigenvalue weighted by atomic mass is 13.8. The van der Waals surface area contributed by atoms with E-state index in [1.807, 2.05) is 0 Å². The Bertz CT molecular complexity index is 15.9. The number of unbranched alkanes of at least 4 members (excludes halogenated alkanes) is 2. The summed E-state index contributed by atoms with van der Waals surface area (Å²) in [6, 6.07) is 0. The van der Waals surface area contributed by atoms with E-state index in [0.717, 1.165) is 19.3 Å². The summed E-state index contributed by atoms with van der Waals surface area (Å²) in [5, 5.41) is 9.69. The first-order valence-electron chi connectivity index (χ1n) is 2.50. The second-order valence-electron chi connectivity index (χ2n) is 1.41. The Morgan fingerprint density at radius 2 is 2.00 bits per heavy atom. The molecule has 1 nitrogen and oxygen atoms in total. The molecule has 0 saturated carbocycles. The van der Waals surface area contributed by atoms with Crippen LogP contribution < -0.4 is 0 Å². The lowest BCUT2D eigenvalue weighted by molar-refractivity contribution is 0.186. The van der Waals surface area contributed by atoms with Crippen LogP contribution in [-0.2, 0) is 5.11 Å². The van der Waals surface area contributed by atoms with Gasteiger partial charge in [-0.1, -0.05) is 19.8 Å². The molecule has 1 radical (unpaired) electrons. The molecular formula is C5H11O. The van der Waals surface area contributed by atoms with Gasteiger partial charge in [-0.25, -0.2) is 5.11 Å². The van der Waals surface area contributed by atoms with Crippen molar-refractivity contribution < 1.29 is 5.11 Å². The first kappa shape index (κ1) is 5.96. The van der Waals surface area contributed by atoms with Crippen LogP contribution in [0.15, 0.2) is 0 Å². The molecule has 0 N–H and O–H groups in total. The summed E-state index contributed by atoms with van der Waals surface area (Å²) in [5.41, 5.74) is 0. The zero-order valence-electron chi connectivity index (χ0n) is 4.24. The molecule has 0 unspecified atom stereocenters. The molecule has 0 atom stereocenters. The van der Waals surface area contributed by atoms with Gasteiger partial charge in [-0.3, -0.25) is 0 Å². The van der Waals surface area contributed by atoms with E-state index in [2.05, 4.69) is 6.92 Å². The Kier molecular flexibility index (Phi) is 4.93. The van der Waals surface area contributed by atoms with Gasteiger partial charge in [0, 0.05) is 0 Å². The Morgan fingerprint density at radius 1 is 1.33 bits per heavy atom. The summed E-state index contributed by atoms with van der Waals surface area (Å²) in [6.45, 7) is 2.20. The highest BCUT2D eigenvalue weighted by Crippen LogP contribution is 1.89. The molecule has 0 aromatic heterocycles. The van der Waals surface area contributed by atoms with Crippen molar-refractivity contribution in [3.8, 4) is 0 Å². The summed E-state index contributed by atoms with van der Waals surface area (Å²) in [6.07, 6.45) is 3.11. The Balaban J connectivity index is 2.34. The predicted molar refractivity (Wildman–Crippen MR) is 25.1 cm³/mol. The molecule has 0 aromatic rings. The van der Waals surface area contributed by atoms with E-state index in [-0.39, 0.29) is 6.61 Å². The normalized spacial score (nSPS) is 9.00. The fraction of sp³-hybridized carbons (Fsp3) is 1.00. The summed E-state index contributed by atoms with van der Waals surface area (Å²) in [7, 11) is 0. The van der Waals surface area contributed by atoms with E-state index >= 15 is 0 Å². The van der Waals surface area contributed by atoms with Crippen molar-refractivity contribution >= 4 is 0 Å². The molecule has 37 valence electrons. The lowest BCUT2D eigenvalue weighted by Gasteiger charge is -1.84. The molecule has 0 amide bonds. The van der Waals surface area contributed by atoms with Crippen molar-refractivity contribution in [1.29, 1.82) is 0 Å². The molecule has 0 aromatic carbocycles. The van der Waals surface area contributed by atoms with Gasteiger partial charge < -0.3 is 0 Å². The smallest absolute Gasteiger partial charge is 0.0822 e. The molecule has 0 aliphatic heterocycles. The van der Waals surface area contributed by atoms with Crippen LogP contribution in [0.1, 0.15) is 26.2 Å². The summed E-state index contributed by atoms with van der Waals surface area (Å²) in [5.74, 6) is 0.